The van der Waals surface area contributed by atoms with Gasteiger partial charge in [0, 0.05) is 31.9 Å². The van der Waals surface area contributed by atoms with Crippen LogP contribution in [0.1, 0.15) is 20.8 Å². The Hall–Kier alpha value is -2.42. The SMILES string of the molecule is CC(C)(C)OC(=O)N1CCN(c2ccc(OCC#N)cc2)CC1. The summed E-state index contributed by atoms with van der Waals surface area (Å²) in [5.74, 6) is 0.683. The lowest BCUT2D eigenvalue weighted by Crippen LogP contribution is -2.50. The van der Waals surface area contributed by atoms with Crippen molar-refractivity contribution in [2.75, 3.05) is 37.7 Å². The van der Waals surface area contributed by atoms with Crippen LogP contribution in [0.15, 0.2) is 24.3 Å². The van der Waals surface area contributed by atoms with Crippen LogP contribution in [0, 0.1) is 11.3 Å². The Bertz CT molecular complexity index is 564. The van der Waals surface area contributed by atoms with Gasteiger partial charge in [-0.3, -0.25) is 0 Å². The van der Waals surface area contributed by atoms with Gasteiger partial charge in [0.2, 0.25) is 0 Å². The van der Waals surface area contributed by atoms with Crippen LogP contribution in [0.25, 0.3) is 0 Å². The summed E-state index contributed by atoms with van der Waals surface area (Å²) in [5.41, 5.74) is 0.617. The molecule has 6 heteroatoms. The van der Waals surface area contributed by atoms with E-state index in [-0.39, 0.29) is 12.7 Å². The second kappa shape index (κ2) is 7.23. The fourth-order valence-corrected chi connectivity index (χ4v) is 2.34. The van der Waals surface area contributed by atoms with Crippen LogP contribution in [0.2, 0.25) is 0 Å². The summed E-state index contributed by atoms with van der Waals surface area (Å²) < 4.78 is 10.6. The molecule has 1 amide bonds. The summed E-state index contributed by atoms with van der Waals surface area (Å²) in [6.07, 6.45) is -0.252. The summed E-state index contributed by atoms with van der Waals surface area (Å²) in [6, 6.07) is 9.59. The van der Waals surface area contributed by atoms with Crippen molar-refractivity contribution in [3.8, 4) is 11.8 Å². The zero-order valence-corrected chi connectivity index (χ0v) is 13.9. The molecule has 0 spiro atoms. The molecule has 0 aliphatic carbocycles. The second-order valence-electron chi connectivity index (χ2n) is 6.40. The second-order valence-corrected chi connectivity index (χ2v) is 6.40. The van der Waals surface area contributed by atoms with E-state index < -0.39 is 5.60 Å². The van der Waals surface area contributed by atoms with Crippen LogP contribution in [-0.2, 0) is 4.74 Å². The van der Waals surface area contributed by atoms with E-state index >= 15 is 0 Å². The van der Waals surface area contributed by atoms with Crippen molar-refractivity contribution in [1.82, 2.24) is 4.90 Å². The molecule has 0 aromatic heterocycles. The van der Waals surface area contributed by atoms with Gasteiger partial charge in [-0.25, -0.2) is 4.79 Å². The van der Waals surface area contributed by atoms with Gasteiger partial charge in [-0.2, -0.15) is 5.26 Å². The molecule has 6 nitrogen and oxygen atoms in total. The first-order valence-electron chi connectivity index (χ1n) is 7.72. The van der Waals surface area contributed by atoms with E-state index in [0.717, 1.165) is 18.8 Å². The van der Waals surface area contributed by atoms with Crippen LogP contribution in [0.5, 0.6) is 5.75 Å². The van der Waals surface area contributed by atoms with Gasteiger partial charge in [0.05, 0.1) is 0 Å². The number of piperazine rings is 1. The first-order chi connectivity index (χ1) is 10.9. The molecule has 2 rings (SSSR count). The van der Waals surface area contributed by atoms with Crippen molar-refractivity contribution in [3.05, 3.63) is 24.3 Å². The maximum absolute atomic E-state index is 12.0. The minimum atomic E-state index is -0.465. The Kier molecular flexibility index (Phi) is 5.32. The Morgan fingerprint density at radius 1 is 1.17 bits per heavy atom. The van der Waals surface area contributed by atoms with Crippen molar-refractivity contribution in [2.45, 2.75) is 26.4 Å². The third-order valence-corrected chi connectivity index (χ3v) is 3.44. The summed E-state index contributed by atoms with van der Waals surface area (Å²) in [6.45, 7) is 8.47. The number of benzene rings is 1. The minimum absolute atomic E-state index is 0.0495. The molecule has 0 atom stereocenters. The zero-order chi connectivity index (χ0) is 16.9. The van der Waals surface area contributed by atoms with Crippen LogP contribution in [0.4, 0.5) is 10.5 Å². The molecule has 0 radical (unpaired) electrons. The first kappa shape index (κ1) is 16.9. The van der Waals surface area contributed by atoms with Crippen molar-refractivity contribution in [1.29, 1.82) is 5.26 Å². The molecule has 1 aromatic rings. The lowest BCUT2D eigenvalue weighted by molar-refractivity contribution is 0.0240. The lowest BCUT2D eigenvalue weighted by Gasteiger charge is -2.36. The van der Waals surface area contributed by atoms with Gasteiger partial charge < -0.3 is 19.3 Å². The maximum atomic E-state index is 12.0. The number of hydrogen-bond donors (Lipinski definition) is 0. The third kappa shape index (κ3) is 5.06. The van der Waals surface area contributed by atoms with E-state index in [1.165, 1.54) is 0 Å². The zero-order valence-electron chi connectivity index (χ0n) is 13.9. The third-order valence-electron chi connectivity index (χ3n) is 3.44. The van der Waals surface area contributed by atoms with Gasteiger partial charge in [0.15, 0.2) is 6.61 Å². The van der Waals surface area contributed by atoms with Crippen LogP contribution in [0.3, 0.4) is 0 Å². The number of amides is 1. The van der Waals surface area contributed by atoms with E-state index in [0.29, 0.717) is 18.8 Å². The minimum Gasteiger partial charge on any atom is -0.479 e. The fourth-order valence-electron chi connectivity index (χ4n) is 2.34. The Labute approximate surface area is 137 Å². The first-order valence-corrected chi connectivity index (χ1v) is 7.72. The van der Waals surface area contributed by atoms with Gasteiger partial charge in [0.1, 0.15) is 17.4 Å². The molecule has 1 fully saturated rings. The summed E-state index contributed by atoms with van der Waals surface area (Å²) in [7, 11) is 0. The molecule has 0 N–H and O–H groups in total. The van der Waals surface area contributed by atoms with Crippen LogP contribution >= 0.6 is 0 Å². The molecule has 1 aliphatic heterocycles. The standard InChI is InChI=1S/C17H23N3O3/c1-17(2,3)23-16(21)20-11-9-19(10-12-20)14-4-6-15(7-5-14)22-13-8-18/h4-7H,9-13H2,1-3H3. The highest BCUT2D eigenvalue weighted by molar-refractivity contribution is 5.68. The van der Waals surface area contributed by atoms with E-state index in [9.17, 15) is 4.79 Å². The highest BCUT2D eigenvalue weighted by atomic mass is 16.6. The van der Waals surface area contributed by atoms with Gasteiger partial charge in [-0.05, 0) is 45.0 Å². The molecule has 1 aliphatic rings. The average Bonchev–Trinajstić information content (AvgIpc) is 2.52. The lowest BCUT2D eigenvalue weighted by atomic mass is 10.2. The molecule has 0 unspecified atom stereocenters. The number of hydrogen-bond acceptors (Lipinski definition) is 5. The number of ether oxygens (including phenoxy) is 2. The van der Waals surface area contributed by atoms with E-state index in [1.54, 1.807) is 4.90 Å². The van der Waals surface area contributed by atoms with E-state index in [2.05, 4.69) is 4.90 Å². The summed E-state index contributed by atoms with van der Waals surface area (Å²) in [5, 5.41) is 8.50. The summed E-state index contributed by atoms with van der Waals surface area (Å²) in [4.78, 5) is 16.0. The molecule has 1 aromatic carbocycles. The van der Waals surface area contributed by atoms with Crippen molar-refractivity contribution < 1.29 is 14.3 Å². The van der Waals surface area contributed by atoms with E-state index in [1.807, 2.05) is 51.1 Å². The fraction of sp³-hybridized carbons (Fsp3) is 0.529. The molecule has 124 valence electrons. The molecule has 1 saturated heterocycles. The number of rotatable bonds is 3. The number of nitriles is 1. The smallest absolute Gasteiger partial charge is 0.410 e. The highest BCUT2D eigenvalue weighted by Crippen LogP contribution is 2.21. The molecule has 0 saturated carbocycles. The van der Waals surface area contributed by atoms with E-state index in [4.69, 9.17) is 14.7 Å². The normalized spacial score (nSPS) is 15.0. The molecular weight excluding hydrogens is 294 g/mol. The van der Waals surface area contributed by atoms with Gasteiger partial charge in [-0.1, -0.05) is 0 Å². The Balaban J connectivity index is 1.87. The molecular formula is C17H23N3O3. The van der Waals surface area contributed by atoms with Crippen molar-refractivity contribution >= 4 is 11.8 Å². The van der Waals surface area contributed by atoms with Gasteiger partial charge in [0.25, 0.3) is 0 Å². The topological polar surface area (TPSA) is 65.8 Å². The Morgan fingerprint density at radius 2 is 1.78 bits per heavy atom. The molecule has 1 heterocycles. The monoisotopic (exact) mass is 317 g/mol. The number of nitrogens with zero attached hydrogens (tertiary/aromatic N) is 3. The van der Waals surface area contributed by atoms with Crippen LogP contribution < -0.4 is 9.64 Å². The quantitative estimate of drug-likeness (QED) is 0.857. The maximum Gasteiger partial charge on any atom is 0.410 e. The van der Waals surface area contributed by atoms with Crippen molar-refractivity contribution in [2.24, 2.45) is 0 Å². The predicted molar refractivity (Wildman–Crippen MR) is 87.6 cm³/mol. The largest absolute Gasteiger partial charge is 0.479 e. The van der Waals surface area contributed by atoms with Crippen LogP contribution in [-0.4, -0.2) is 49.4 Å². The van der Waals surface area contributed by atoms with Gasteiger partial charge >= 0.3 is 6.09 Å². The van der Waals surface area contributed by atoms with Crippen molar-refractivity contribution in [3.63, 3.8) is 0 Å². The molecule has 0 bridgehead atoms. The average molecular weight is 317 g/mol. The molecule has 23 heavy (non-hydrogen) atoms. The Morgan fingerprint density at radius 3 is 2.30 bits per heavy atom. The van der Waals surface area contributed by atoms with Gasteiger partial charge in [-0.15, -0.1) is 0 Å². The number of anilines is 1. The number of carbonyl (C=O) groups excluding carboxylic acids is 1. The summed E-state index contributed by atoms with van der Waals surface area (Å²) >= 11 is 0. The highest BCUT2D eigenvalue weighted by Gasteiger charge is 2.25. The predicted octanol–water partition coefficient (Wildman–Crippen LogP) is 2.65. The number of carbonyl (C=O) groups is 1.